The summed E-state index contributed by atoms with van der Waals surface area (Å²) in [6.45, 7) is 5.07. The zero-order chi connectivity index (χ0) is 14.8. The van der Waals surface area contributed by atoms with Gasteiger partial charge in [-0.1, -0.05) is 20.8 Å². The number of aliphatic carboxylic acids is 1. The maximum atomic E-state index is 13.2. The molecule has 104 valence electrons. The molecule has 0 spiro atoms. The second kappa shape index (κ2) is 5.26. The lowest BCUT2D eigenvalue weighted by Crippen LogP contribution is -2.49. The van der Waals surface area contributed by atoms with E-state index in [0.29, 0.717) is 0 Å². The highest BCUT2D eigenvalue weighted by molar-refractivity contribution is 5.97. The van der Waals surface area contributed by atoms with Gasteiger partial charge in [0.05, 0.1) is 5.69 Å². The monoisotopic (exact) mass is 268 g/mol. The molecule has 0 aliphatic rings. The minimum atomic E-state index is -1.14. The van der Waals surface area contributed by atoms with Gasteiger partial charge in [-0.25, -0.2) is 9.18 Å². The predicted molar refractivity (Wildman–Crippen MR) is 69.2 cm³/mol. The van der Waals surface area contributed by atoms with Crippen molar-refractivity contribution in [1.29, 1.82) is 0 Å². The van der Waals surface area contributed by atoms with Crippen molar-refractivity contribution in [3.05, 3.63) is 29.6 Å². The van der Waals surface area contributed by atoms with Crippen molar-refractivity contribution in [3.63, 3.8) is 0 Å². The number of hydrogen-bond acceptors (Lipinski definition) is 3. The molecule has 0 fully saturated rings. The van der Waals surface area contributed by atoms with Gasteiger partial charge in [-0.15, -0.1) is 0 Å². The summed E-state index contributed by atoms with van der Waals surface area (Å²) in [4.78, 5) is 23.0. The van der Waals surface area contributed by atoms with Gasteiger partial charge in [-0.05, 0) is 23.6 Å². The first-order valence-electron chi connectivity index (χ1n) is 5.71. The number of carbonyl (C=O) groups excluding carboxylic acids is 1. The van der Waals surface area contributed by atoms with E-state index < -0.39 is 29.2 Å². The number of hydrogen-bond donors (Lipinski definition) is 3. The number of rotatable bonds is 3. The molecule has 1 atom stereocenters. The molecule has 6 heteroatoms. The molecule has 0 saturated carbocycles. The quantitative estimate of drug-likeness (QED) is 0.726. The molecule has 0 unspecified atom stereocenters. The number of carboxylic acids is 1. The molecular weight excluding hydrogens is 251 g/mol. The highest BCUT2D eigenvalue weighted by Gasteiger charge is 2.32. The van der Waals surface area contributed by atoms with Crippen molar-refractivity contribution in [2.45, 2.75) is 26.8 Å². The van der Waals surface area contributed by atoms with E-state index >= 15 is 0 Å². The summed E-state index contributed by atoms with van der Waals surface area (Å²) in [7, 11) is 0. The Balaban J connectivity index is 2.94. The Bertz CT molecular complexity index is 509. The average molecular weight is 268 g/mol. The lowest BCUT2D eigenvalue weighted by atomic mass is 9.86. The third kappa shape index (κ3) is 3.67. The van der Waals surface area contributed by atoms with Crippen LogP contribution in [0, 0.1) is 11.2 Å². The van der Waals surface area contributed by atoms with Gasteiger partial charge in [-0.2, -0.15) is 0 Å². The maximum absolute atomic E-state index is 13.2. The summed E-state index contributed by atoms with van der Waals surface area (Å²) in [6.07, 6.45) is 0. The molecule has 0 saturated heterocycles. The molecule has 1 aromatic rings. The van der Waals surface area contributed by atoms with Gasteiger partial charge < -0.3 is 16.2 Å². The van der Waals surface area contributed by atoms with Gasteiger partial charge >= 0.3 is 5.97 Å². The molecule has 0 aliphatic heterocycles. The Morgan fingerprint density at radius 1 is 1.37 bits per heavy atom. The summed E-state index contributed by atoms with van der Waals surface area (Å²) in [6, 6.07) is 2.51. The van der Waals surface area contributed by atoms with E-state index in [1.54, 1.807) is 20.8 Å². The Labute approximate surface area is 110 Å². The van der Waals surface area contributed by atoms with Crippen LogP contribution in [0.3, 0.4) is 0 Å². The Morgan fingerprint density at radius 2 is 1.95 bits per heavy atom. The van der Waals surface area contributed by atoms with Crippen LogP contribution in [0.5, 0.6) is 0 Å². The van der Waals surface area contributed by atoms with E-state index in [0.717, 1.165) is 6.07 Å². The van der Waals surface area contributed by atoms with Crippen LogP contribution < -0.4 is 11.1 Å². The van der Waals surface area contributed by atoms with Crippen LogP contribution in [0.25, 0.3) is 0 Å². The number of anilines is 1. The third-order valence-electron chi connectivity index (χ3n) is 2.65. The van der Waals surface area contributed by atoms with E-state index in [1.807, 2.05) is 0 Å². The van der Waals surface area contributed by atoms with Gasteiger partial charge in [0, 0.05) is 5.56 Å². The zero-order valence-electron chi connectivity index (χ0n) is 11.0. The molecule has 0 bridgehead atoms. The van der Waals surface area contributed by atoms with Crippen molar-refractivity contribution in [2.24, 2.45) is 5.41 Å². The maximum Gasteiger partial charge on any atom is 0.326 e. The molecular formula is C13H17FN2O3. The Hall–Kier alpha value is -2.11. The SMILES string of the molecule is CC(C)(C)[C@H](NC(=O)c1ccc(N)c(F)c1)C(=O)O. The van der Waals surface area contributed by atoms with Crippen LogP contribution >= 0.6 is 0 Å². The van der Waals surface area contributed by atoms with E-state index in [1.165, 1.54) is 12.1 Å². The van der Waals surface area contributed by atoms with Crippen molar-refractivity contribution in [3.8, 4) is 0 Å². The summed E-state index contributed by atoms with van der Waals surface area (Å²) >= 11 is 0. The minimum absolute atomic E-state index is 0.0298. The summed E-state index contributed by atoms with van der Waals surface area (Å²) < 4.78 is 13.2. The molecule has 0 radical (unpaired) electrons. The summed E-state index contributed by atoms with van der Waals surface area (Å²) in [5.74, 6) is -2.51. The molecule has 19 heavy (non-hydrogen) atoms. The van der Waals surface area contributed by atoms with Crippen LogP contribution in [-0.4, -0.2) is 23.0 Å². The fourth-order valence-electron chi connectivity index (χ4n) is 1.53. The topological polar surface area (TPSA) is 92.4 Å². The fraction of sp³-hybridized carbons (Fsp3) is 0.385. The van der Waals surface area contributed by atoms with E-state index in [4.69, 9.17) is 10.8 Å². The highest BCUT2D eigenvalue weighted by Crippen LogP contribution is 2.20. The number of halogens is 1. The lowest BCUT2D eigenvalue weighted by Gasteiger charge is -2.27. The van der Waals surface area contributed by atoms with Gasteiger partial charge in [-0.3, -0.25) is 4.79 Å². The average Bonchev–Trinajstić information content (AvgIpc) is 2.27. The smallest absolute Gasteiger partial charge is 0.326 e. The number of nitrogens with one attached hydrogen (secondary N) is 1. The van der Waals surface area contributed by atoms with Crippen LogP contribution in [0.15, 0.2) is 18.2 Å². The van der Waals surface area contributed by atoms with Gasteiger partial charge in [0.1, 0.15) is 11.9 Å². The first kappa shape index (κ1) is 14.9. The van der Waals surface area contributed by atoms with Crippen LogP contribution in [0.4, 0.5) is 10.1 Å². The predicted octanol–water partition coefficient (Wildman–Crippen LogP) is 1.64. The normalized spacial score (nSPS) is 12.8. The number of carbonyl (C=O) groups is 2. The Kier molecular flexibility index (Phi) is 4.14. The molecule has 0 heterocycles. The summed E-state index contributed by atoms with van der Waals surface area (Å²) in [5, 5.41) is 11.5. The number of amides is 1. The standard InChI is InChI=1S/C13H17FN2O3/c1-13(2,3)10(12(18)19)16-11(17)7-4-5-9(15)8(14)6-7/h4-6,10H,15H2,1-3H3,(H,16,17)(H,18,19)/t10-/m1/s1. The lowest BCUT2D eigenvalue weighted by molar-refractivity contribution is -0.142. The van der Waals surface area contributed by atoms with Gasteiger partial charge in [0.25, 0.3) is 5.91 Å². The molecule has 1 amide bonds. The van der Waals surface area contributed by atoms with E-state index in [2.05, 4.69) is 5.32 Å². The second-order valence-electron chi connectivity index (χ2n) is 5.35. The summed E-state index contributed by atoms with van der Waals surface area (Å²) in [5.41, 5.74) is 4.61. The number of nitrogens with two attached hydrogens (primary N) is 1. The van der Waals surface area contributed by atoms with Crippen molar-refractivity contribution >= 4 is 17.6 Å². The van der Waals surface area contributed by atoms with Crippen molar-refractivity contribution in [1.82, 2.24) is 5.32 Å². The Morgan fingerprint density at radius 3 is 2.37 bits per heavy atom. The van der Waals surface area contributed by atoms with E-state index in [-0.39, 0.29) is 11.3 Å². The molecule has 1 rings (SSSR count). The number of carboxylic acid groups (broad SMARTS) is 1. The van der Waals surface area contributed by atoms with Crippen LogP contribution in [-0.2, 0) is 4.79 Å². The minimum Gasteiger partial charge on any atom is -0.480 e. The fourth-order valence-corrected chi connectivity index (χ4v) is 1.53. The van der Waals surface area contributed by atoms with Crippen molar-refractivity contribution in [2.75, 3.05) is 5.73 Å². The molecule has 4 N–H and O–H groups in total. The molecule has 0 aromatic heterocycles. The van der Waals surface area contributed by atoms with Crippen LogP contribution in [0.1, 0.15) is 31.1 Å². The van der Waals surface area contributed by atoms with Crippen molar-refractivity contribution < 1.29 is 19.1 Å². The van der Waals surface area contributed by atoms with E-state index in [9.17, 15) is 14.0 Å². The molecule has 1 aromatic carbocycles. The molecule has 0 aliphatic carbocycles. The van der Waals surface area contributed by atoms with Crippen LogP contribution in [0.2, 0.25) is 0 Å². The zero-order valence-corrected chi connectivity index (χ0v) is 11.0. The third-order valence-corrected chi connectivity index (χ3v) is 2.65. The van der Waals surface area contributed by atoms with Gasteiger partial charge in [0.15, 0.2) is 0 Å². The highest BCUT2D eigenvalue weighted by atomic mass is 19.1. The first-order chi connectivity index (χ1) is 8.62. The number of benzene rings is 1. The first-order valence-corrected chi connectivity index (χ1v) is 5.71. The largest absolute Gasteiger partial charge is 0.480 e. The molecule has 5 nitrogen and oxygen atoms in total. The number of nitrogen functional groups attached to an aromatic ring is 1. The second-order valence-corrected chi connectivity index (χ2v) is 5.35. The van der Waals surface area contributed by atoms with Gasteiger partial charge in [0.2, 0.25) is 0 Å².